The van der Waals surface area contributed by atoms with E-state index in [1.807, 2.05) is 0 Å². The van der Waals surface area contributed by atoms with Gasteiger partial charge >= 0.3 is 6.09 Å². The Balaban J connectivity index is 1.94. The van der Waals surface area contributed by atoms with Gasteiger partial charge in [-0.15, -0.1) is 0 Å². The summed E-state index contributed by atoms with van der Waals surface area (Å²) in [5.41, 5.74) is 3.18. The summed E-state index contributed by atoms with van der Waals surface area (Å²) in [7, 11) is 0. The van der Waals surface area contributed by atoms with Crippen molar-refractivity contribution in [2.45, 2.75) is 69.1 Å². The predicted molar refractivity (Wildman–Crippen MR) is 73.1 cm³/mol. The molecule has 5 nitrogen and oxygen atoms in total. The molecule has 2 rings (SSSR count). The monoisotopic (exact) mass is 306 g/mol. The van der Waals surface area contributed by atoms with Gasteiger partial charge < -0.3 is 20.5 Å². The van der Waals surface area contributed by atoms with E-state index in [9.17, 15) is 18.7 Å². The molecule has 0 bridgehead atoms. The normalized spacial score (nSPS) is 26.9. The molecule has 0 radical (unpaired) electrons. The zero-order valence-corrected chi connectivity index (χ0v) is 12.8. The maximum Gasteiger partial charge on any atom is 0.410 e. The molecular weight excluding hydrogens is 282 g/mol. The molecule has 1 aliphatic heterocycles. The number of carbonyl (C=O) groups excluding carboxylic acids is 1. The number of alkyl halides is 2. The second-order valence-corrected chi connectivity index (χ2v) is 7.38. The van der Waals surface area contributed by atoms with Crippen LogP contribution < -0.4 is 5.73 Å². The predicted octanol–water partition coefficient (Wildman–Crippen LogP) is 1.87. The minimum Gasteiger partial charge on any atom is -0.444 e. The van der Waals surface area contributed by atoms with Crippen LogP contribution in [0.15, 0.2) is 0 Å². The van der Waals surface area contributed by atoms with Crippen molar-refractivity contribution >= 4 is 6.09 Å². The summed E-state index contributed by atoms with van der Waals surface area (Å²) in [6.07, 6.45) is -1.31. The molecule has 0 aromatic carbocycles. The van der Waals surface area contributed by atoms with Gasteiger partial charge in [-0.25, -0.2) is 13.6 Å². The lowest BCUT2D eigenvalue weighted by Gasteiger charge is -2.57. The van der Waals surface area contributed by atoms with Gasteiger partial charge in [-0.3, -0.25) is 0 Å². The van der Waals surface area contributed by atoms with Crippen molar-refractivity contribution in [1.29, 1.82) is 0 Å². The van der Waals surface area contributed by atoms with Crippen molar-refractivity contribution in [1.82, 2.24) is 4.90 Å². The third-order valence-corrected chi connectivity index (χ3v) is 4.33. The Morgan fingerprint density at radius 2 is 1.67 bits per heavy atom. The van der Waals surface area contributed by atoms with Crippen molar-refractivity contribution in [2.75, 3.05) is 13.1 Å². The number of halogens is 2. The third kappa shape index (κ3) is 3.29. The highest BCUT2D eigenvalue weighted by molar-refractivity contribution is 5.70. The number of nitrogens with two attached hydrogens (primary N) is 1. The van der Waals surface area contributed by atoms with Gasteiger partial charge in [-0.1, -0.05) is 0 Å². The number of rotatable bonds is 1. The lowest BCUT2D eigenvalue weighted by molar-refractivity contribution is -0.161. The SMILES string of the molecule is CC(C)(C)OC(=O)N1CC(N)(C2(O)CCC(F)(F)CC2)C1. The Hall–Kier alpha value is -0.950. The summed E-state index contributed by atoms with van der Waals surface area (Å²) >= 11 is 0. The van der Waals surface area contributed by atoms with Crippen LogP contribution in [0.3, 0.4) is 0 Å². The molecule has 122 valence electrons. The van der Waals surface area contributed by atoms with Gasteiger partial charge in [0.15, 0.2) is 0 Å². The molecule has 0 aromatic rings. The third-order valence-electron chi connectivity index (χ3n) is 4.33. The molecule has 0 aromatic heterocycles. The summed E-state index contributed by atoms with van der Waals surface area (Å²) in [6, 6.07) is 0. The van der Waals surface area contributed by atoms with E-state index in [1.54, 1.807) is 20.8 Å². The zero-order valence-electron chi connectivity index (χ0n) is 12.8. The number of aliphatic hydroxyl groups is 1. The molecule has 1 saturated carbocycles. The van der Waals surface area contributed by atoms with Gasteiger partial charge in [-0.05, 0) is 33.6 Å². The number of ether oxygens (including phenoxy) is 1. The maximum atomic E-state index is 13.2. The fourth-order valence-electron chi connectivity index (χ4n) is 2.91. The number of amides is 1. The van der Waals surface area contributed by atoms with E-state index >= 15 is 0 Å². The van der Waals surface area contributed by atoms with E-state index in [0.29, 0.717) is 0 Å². The minimum atomic E-state index is -2.73. The van der Waals surface area contributed by atoms with Gasteiger partial charge in [0, 0.05) is 25.9 Å². The van der Waals surface area contributed by atoms with Gasteiger partial charge in [0.05, 0.1) is 11.1 Å². The van der Waals surface area contributed by atoms with E-state index in [1.165, 1.54) is 4.90 Å². The molecule has 7 heteroatoms. The van der Waals surface area contributed by atoms with Crippen LogP contribution in [-0.4, -0.2) is 51.9 Å². The van der Waals surface area contributed by atoms with Gasteiger partial charge in [0.2, 0.25) is 5.92 Å². The highest BCUT2D eigenvalue weighted by atomic mass is 19.3. The Kier molecular flexibility index (Phi) is 3.73. The summed E-state index contributed by atoms with van der Waals surface area (Å²) in [5.74, 6) is -2.73. The van der Waals surface area contributed by atoms with Crippen LogP contribution >= 0.6 is 0 Å². The number of carbonyl (C=O) groups is 1. The van der Waals surface area contributed by atoms with E-state index in [2.05, 4.69) is 0 Å². The summed E-state index contributed by atoms with van der Waals surface area (Å²) in [6.45, 7) is 5.54. The van der Waals surface area contributed by atoms with Crippen molar-refractivity contribution in [3.63, 3.8) is 0 Å². The molecule has 2 fully saturated rings. The van der Waals surface area contributed by atoms with Crippen molar-refractivity contribution in [3.05, 3.63) is 0 Å². The summed E-state index contributed by atoms with van der Waals surface area (Å²) < 4.78 is 31.6. The standard InChI is InChI=1S/C14H24F2N2O3/c1-11(2,3)21-10(19)18-8-12(17,9-18)13(20)4-6-14(15,16)7-5-13/h20H,4-9,17H2,1-3H3. The Morgan fingerprint density at radius 1 is 1.19 bits per heavy atom. The van der Waals surface area contributed by atoms with E-state index in [4.69, 9.17) is 10.5 Å². The first-order valence-corrected chi connectivity index (χ1v) is 7.23. The van der Waals surface area contributed by atoms with E-state index in [-0.39, 0.29) is 38.8 Å². The Labute approximate surface area is 123 Å². The van der Waals surface area contributed by atoms with E-state index < -0.39 is 28.8 Å². The maximum absolute atomic E-state index is 13.2. The minimum absolute atomic E-state index is 0.0430. The lowest BCUT2D eigenvalue weighted by Crippen LogP contribution is -2.79. The molecular formula is C14H24F2N2O3. The van der Waals surface area contributed by atoms with Crippen LogP contribution in [0.1, 0.15) is 46.5 Å². The molecule has 3 N–H and O–H groups in total. The fourth-order valence-corrected chi connectivity index (χ4v) is 2.91. The average Bonchev–Trinajstić information content (AvgIpc) is 2.27. The van der Waals surface area contributed by atoms with Crippen LogP contribution in [0, 0.1) is 0 Å². The van der Waals surface area contributed by atoms with Crippen molar-refractivity contribution in [3.8, 4) is 0 Å². The first-order chi connectivity index (χ1) is 9.36. The van der Waals surface area contributed by atoms with Crippen LogP contribution in [0.4, 0.5) is 13.6 Å². The highest BCUT2D eigenvalue weighted by Gasteiger charge is 2.59. The van der Waals surface area contributed by atoms with Gasteiger partial charge in [0.1, 0.15) is 5.60 Å². The Morgan fingerprint density at radius 3 is 2.10 bits per heavy atom. The molecule has 1 amide bonds. The topological polar surface area (TPSA) is 75.8 Å². The average molecular weight is 306 g/mol. The van der Waals surface area contributed by atoms with E-state index in [0.717, 1.165) is 0 Å². The number of likely N-dealkylation sites (tertiary alicyclic amines) is 1. The van der Waals surface area contributed by atoms with Gasteiger partial charge in [0.25, 0.3) is 0 Å². The summed E-state index contributed by atoms with van der Waals surface area (Å²) in [5, 5.41) is 10.6. The van der Waals surface area contributed by atoms with Gasteiger partial charge in [-0.2, -0.15) is 0 Å². The molecule has 0 atom stereocenters. The Bertz CT molecular complexity index is 418. The number of nitrogens with zero attached hydrogens (tertiary/aromatic N) is 1. The largest absolute Gasteiger partial charge is 0.444 e. The second-order valence-electron chi connectivity index (χ2n) is 7.38. The molecule has 1 saturated heterocycles. The zero-order chi connectivity index (χ0) is 16.1. The van der Waals surface area contributed by atoms with Crippen molar-refractivity contribution in [2.24, 2.45) is 5.73 Å². The quantitative estimate of drug-likeness (QED) is 0.775. The van der Waals surface area contributed by atoms with Crippen molar-refractivity contribution < 1.29 is 23.4 Å². The molecule has 21 heavy (non-hydrogen) atoms. The molecule has 0 spiro atoms. The number of hydrogen-bond donors (Lipinski definition) is 2. The second kappa shape index (κ2) is 4.78. The lowest BCUT2D eigenvalue weighted by atomic mass is 9.66. The first-order valence-electron chi connectivity index (χ1n) is 7.23. The summed E-state index contributed by atoms with van der Waals surface area (Å²) in [4.78, 5) is 13.3. The smallest absolute Gasteiger partial charge is 0.410 e. The van der Waals surface area contributed by atoms with Crippen LogP contribution in [0.2, 0.25) is 0 Å². The van der Waals surface area contributed by atoms with Crippen LogP contribution in [0.25, 0.3) is 0 Å². The highest BCUT2D eigenvalue weighted by Crippen LogP contribution is 2.45. The molecule has 1 heterocycles. The first kappa shape index (κ1) is 16.4. The van der Waals surface area contributed by atoms with Crippen LogP contribution in [-0.2, 0) is 4.74 Å². The molecule has 2 aliphatic rings. The molecule has 1 aliphatic carbocycles. The fraction of sp³-hybridized carbons (Fsp3) is 0.929. The molecule has 0 unspecified atom stereocenters. The number of hydrogen-bond acceptors (Lipinski definition) is 4. The van der Waals surface area contributed by atoms with Crippen LogP contribution in [0.5, 0.6) is 0 Å².